The van der Waals surface area contributed by atoms with Gasteiger partial charge in [0.15, 0.2) is 0 Å². The van der Waals surface area contributed by atoms with E-state index in [0.717, 1.165) is 10.7 Å². The smallest absolute Gasteiger partial charge is 0.220 e. The molecule has 2 rings (SSSR count). The second-order valence-electron chi connectivity index (χ2n) is 1.86. The molecular weight excluding hydrogens is 114 g/mol. The van der Waals surface area contributed by atoms with E-state index in [9.17, 15) is 0 Å². The lowest BCUT2D eigenvalue weighted by Crippen LogP contribution is -2.69. The van der Waals surface area contributed by atoms with Crippen LogP contribution in [0.15, 0.2) is 23.4 Å². The van der Waals surface area contributed by atoms with Gasteiger partial charge in [-0.2, -0.15) is 5.43 Å². The van der Waals surface area contributed by atoms with E-state index in [1.807, 2.05) is 18.3 Å². The number of quaternary nitrogens is 1. The molecule has 3 heteroatoms. The van der Waals surface area contributed by atoms with Gasteiger partial charge in [0.2, 0.25) is 5.49 Å². The van der Waals surface area contributed by atoms with Crippen molar-refractivity contribution in [3.63, 3.8) is 0 Å². The van der Waals surface area contributed by atoms with E-state index in [0.29, 0.717) is 0 Å². The highest BCUT2D eigenvalue weighted by Gasteiger charge is 1.94. The molecule has 2 heterocycles. The van der Waals surface area contributed by atoms with Crippen molar-refractivity contribution in [1.29, 1.82) is 0 Å². The van der Waals surface area contributed by atoms with Crippen molar-refractivity contribution < 1.29 is 5.43 Å². The summed E-state index contributed by atoms with van der Waals surface area (Å²) in [5.74, 6) is 0. The fourth-order valence-electron chi connectivity index (χ4n) is 0.836. The molecule has 0 aliphatic carbocycles. The molecule has 0 saturated carbocycles. The number of nitrogens with zero attached hydrogens (tertiary/aromatic N) is 2. The van der Waals surface area contributed by atoms with Crippen LogP contribution >= 0.6 is 0 Å². The summed E-state index contributed by atoms with van der Waals surface area (Å²) in [6, 6.07) is 3.90. The van der Waals surface area contributed by atoms with Gasteiger partial charge in [0.25, 0.3) is 0 Å². The Morgan fingerprint density at radius 2 is 2.44 bits per heavy atom. The number of fused-ring (bicyclic) bond motifs is 1. The van der Waals surface area contributed by atoms with Crippen LogP contribution < -0.4 is 16.1 Å². The molecule has 44 valence electrons. The summed E-state index contributed by atoms with van der Waals surface area (Å²) in [6.45, 7) is 0. The Bertz CT molecular complexity index is 295. The summed E-state index contributed by atoms with van der Waals surface area (Å²) >= 11 is 0. The predicted octanol–water partition coefficient (Wildman–Crippen LogP) is -2.07. The average Bonchev–Trinajstić information content (AvgIpc) is 2.33. The second kappa shape index (κ2) is 1.63. The number of rotatable bonds is 0. The quantitative estimate of drug-likeness (QED) is 0.393. The molecule has 0 spiro atoms. The van der Waals surface area contributed by atoms with Crippen LogP contribution in [0.1, 0.15) is 0 Å². The number of nitrogens with two attached hydrogens (primary N) is 1. The molecule has 0 bridgehead atoms. The third kappa shape index (κ3) is 0.622. The van der Waals surface area contributed by atoms with Crippen LogP contribution in [0, 0.1) is 0 Å². The Hall–Kier alpha value is -1.22. The first-order valence-corrected chi connectivity index (χ1v) is 2.79. The Balaban J connectivity index is 2.97. The van der Waals surface area contributed by atoms with Gasteiger partial charge in [-0.3, -0.25) is 0 Å². The zero-order valence-corrected chi connectivity index (χ0v) is 4.78. The first-order chi connectivity index (χ1) is 4.47. The molecule has 9 heavy (non-hydrogen) atoms. The lowest BCUT2D eigenvalue weighted by molar-refractivity contribution is -0.559. The average molecular weight is 120 g/mol. The van der Waals surface area contributed by atoms with Crippen molar-refractivity contribution in [3.8, 4) is 0 Å². The molecule has 1 aliphatic heterocycles. The van der Waals surface area contributed by atoms with Gasteiger partial charge in [0.05, 0.1) is 5.22 Å². The minimum atomic E-state index is 0.831. The summed E-state index contributed by atoms with van der Waals surface area (Å²) in [6.07, 6.45) is 3.69. The van der Waals surface area contributed by atoms with Crippen LogP contribution in [-0.4, -0.2) is 4.98 Å². The van der Waals surface area contributed by atoms with Crippen LogP contribution in [0.2, 0.25) is 0 Å². The summed E-state index contributed by atoms with van der Waals surface area (Å²) < 4.78 is 0. The van der Waals surface area contributed by atoms with E-state index in [4.69, 9.17) is 0 Å². The summed E-state index contributed by atoms with van der Waals surface area (Å²) in [7, 11) is 0. The molecule has 0 aromatic carbocycles. The van der Waals surface area contributed by atoms with Crippen molar-refractivity contribution in [2.75, 3.05) is 0 Å². The van der Waals surface area contributed by atoms with Crippen LogP contribution in [0.5, 0.6) is 0 Å². The highest BCUT2D eigenvalue weighted by molar-refractivity contribution is 5.11. The van der Waals surface area contributed by atoms with E-state index in [1.54, 1.807) is 11.6 Å². The first kappa shape index (κ1) is 4.64. The van der Waals surface area contributed by atoms with Gasteiger partial charge in [-0.1, -0.05) is 5.10 Å². The van der Waals surface area contributed by atoms with Gasteiger partial charge in [-0.15, -0.1) is 0 Å². The fourth-order valence-corrected chi connectivity index (χ4v) is 0.836. The summed E-state index contributed by atoms with van der Waals surface area (Å²) in [4.78, 5) is 4.03. The SMILES string of the molecule is C1=c2cccnc2=N[NH2+]1. The van der Waals surface area contributed by atoms with Gasteiger partial charge in [-0.05, 0) is 12.1 Å². The second-order valence-corrected chi connectivity index (χ2v) is 1.86. The number of pyridine rings is 1. The standard InChI is InChI=1S/C6H5N3/c1-2-5-4-8-9-6(5)7-3-1/h1-4H,(H,7,8,9)/p+1. The molecule has 0 amide bonds. The predicted molar refractivity (Wildman–Crippen MR) is 31.4 cm³/mol. The Morgan fingerprint density at radius 3 is 3.33 bits per heavy atom. The van der Waals surface area contributed by atoms with E-state index in [-0.39, 0.29) is 0 Å². The van der Waals surface area contributed by atoms with Crippen molar-refractivity contribution in [3.05, 3.63) is 29.0 Å². The van der Waals surface area contributed by atoms with E-state index in [2.05, 4.69) is 10.1 Å². The molecule has 0 saturated heterocycles. The summed E-state index contributed by atoms with van der Waals surface area (Å²) in [5, 5.41) is 5.12. The number of hydrogen-bond acceptors (Lipinski definition) is 2. The maximum absolute atomic E-state index is 4.03. The molecule has 1 aromatic heterocycles. The van der Waals surface area contributed by atoms with Crippen molar-refractivity contribution in [2.45, 2.75) is 0 Å². The third-order valence-electron chi connectivity index (χ3n) is 1.27. The monoisotopic (exact) mass is 120 g/mol. The van der Waals surface area contributed by atoms with E-state index >= 15 is 0 Å². The molecule has 3 nitrogen and oxygen atoms in total. The van der Waals surface area contributed by atoms with Crippen LogP contribution in [-0.2, 0) is 0 Å². The van der Waals surface area contributed by atoms with Crippen LogP contribution in [0.3, 0.4) is 0 Å². The molecule has 1 aliphatic rings. The minimum Gasteiger partial charge on any atom is -0.232 e. The van der Waals surface area contributed by atoms with Crippen molar-refractivity contribution >= 4 is 6.20 Å². The third-order valence-corrected chi connectivity index (χ3v) is 1.27. The maximum Gasteiger partial charge on any atom is 0.220 e. The molecule has 0 fully saturated rings. The highest BCUT2D eigenvalue weighted by Crippen LogP contribution is 1.63. The highest BCUT2D eigenvalue weighted by atomic mass is 15.3. The topological polar surface area (TPSA) is 41.9 Å². The van der Waals surface area contributed by atoms with Gasteiger partial charge in [0.1, 0.15) is 6.20 Å². The Morgan fingerprint density at radius 1 is 1.44 bits per heavy atom. The van der Waals surface area contributed by atoms with E-state index in [1.165, 1.54) is 0 Å². The van der Waals surface area contributed by atoms with Gasteiger partial charge >= 0.3 is 0 Å². The molecule has 0 atom stereocenters. The van der Waals surface area contributed by atoms with Crippen molar-refractivity contribution in [2.24, 2.45) is 5.10 Å². The minimum absolute atomic E-state index is 0.831. The first-order valence-electron chi connectivity index (χ1n) is 2.79. The van der Waals surface area contributed by atoms with E-state index < -0.39 is 0 Å². The Kier molecular flexibility index (Phi) is 0.841. The van der Waals surface area contributed by atoms with Gasteiger partial charge in [-0.25, -0.2) is 4.98 Å². The summed E-state index contributed by atoms with van der Waals surface area (Å²) in [5.41, 5.74) is 2.59. The number of hydrogen-bond donors (Lipinski definition) is 1. The molecule has 2 N–H and O–H groups in total. The van der Waals surface area contributed by atoms with Crippen LogP contribution in [0.4, 0.5) is 0 Å². The molecule has 0 unspecified atom stereocenters. The zero-order chi connectivity index (χ0) is 6.10. The van der Waals surface area contributed by atoms with Crippen LogP contribution in [0.25, 0.3) is 6.20 Å². The zero-order valence-electron chi connectivity index (χ0n) is 4.78. The molecule has 0 radical (unpaired) electrons. The number of aromatic nitrogens is 1. The largest absolute Gasteiger partial charge is 0.232 e. The van der Waals surface area contributed by atoms with Gasteiger partial charge < -0.3 is 0 Å². The Labute approximate surface area is 51.7 Å². The normalized spacial score (nSPS) is 13.8. The lowest BCUT2D eigenvalue weighted by atomic mass is 10.4. The lowest BCUT2D eigenvalue weighted by Gasteiger charge is -1.73. The maximum atomic E-state index is 4.03. The molecule has 1 aromatic rings. The van der Waals surface area contributed by atoms with Crippen molar-refractivity contribution in [1.82, 2.24) is 4.98 Å². The molecular formula is C6H6N3+. The fraction of sp³-hybridized carbons (Fsp3) is 0. The van der Waals surface area contributed by atoms with Gasteiger partial charge in [0, 0.05) is 6.20 Å².